The maximum atomic E-state index is 11.1. The highest BCUT2D eigenvalue weighted by Crippen LogP contribution is 2.15. The first-order chi connectivity index (χ1) is 6.63. The third-order valence-electron chi connectivity index (χ3n) is 1.83. The molecule has 0 aliphatic rings. The standard InChI is InChI=1S/C9H13BrN2OS/c1-6-7(2)14-9(12-6)5-11-8(13)3-4-10/h3-5H2,1-2H3,(H,11,13). The van der Waals surface area contributed by atoms with Crippen molar-refractivity contribution in [2.24, 2.45) is 0 Å². The maximum absolute atomic E-state index is 11.1. The van der Waals surface area contributed by atoms with Gasteiger partial charge in [-0.2, -0.15) is 0 Å². The zero-order valence-electron chi connectivity index (χ0n) is 8.26. The van der Waals surface area contributed by atoms with Gasteiger partial charge < -0.3 is 5.32 Å². The van der Waals surface area contributed by atoms with Gasteiger partial charge in [0.1, 0.15) is 5.01 Å². The molecule has 1 aromatic rings. The highest BCUT2D eigenvalue weighted by molar-refractivity contribution is 9.09. The third-order valence-corrected chi connectivity index (χ3v) is 3.30. The molecular formula is C9H13BrN2OS. The zero-order chi connectivity index (χ0) is 10.6. The SMILES string of the molecule is Cc1nc(CNC(=O)CCBr)sc1C. The van der Waals surface area contributed by atoms with Crippen LogP contribution >= 0.6 is 27.3 Å². The Morgan fingerprint density at radius 1 is 1.57 bits per heavy atom. The van der Waals surface area contributed by atoms with Gasteiger partial charge in [-0.05, 0) is 13.8 Å². The number of halogens is 1. The summed E-state index contributed by atoms with van der Waals surface area (Å²) in [4.78, 5) is 16.7. The average Bonchev–Trinajstić information content (AvgIpc) is 2.44. The van der Waals surface area contributed by atoms with E-state index in [0.29, 0.717) is 18.3 Å². The topological polar surface area (TPSA) is 42.0 Å². The number of alkyl halides is 1. The fraction of sp³-hybridized carbons (Fsp3) is 0.556. The highest BCUT2D eigenvalue weighted by atomic mass is 79.9. The van der Waals surface area contributed by atoms with Gasteiger partial charge in [-0.25, -0.2) is 4.98 Å². The summed E-state index contributed by atoms with van der Waals surface area (Å²) in [7, 11) is 0. The van der Waals surface area contributed by atoms with Crippen molar-refractivity contribution in [1.82, 2.24) is 10.3 Å². The van der Waals surface area contributed by atoms with Crippen LogP contribution in [0.3, 0.4) is 0 Å². The first kappa shape index (κ1) is 11.7. The molecule has 0 unspecified atom stereocenters. The molecule has 0 radical (unpaired) electrons. The molecular weight excluding hydrogens is 264 g/mol. The number of amides is 1. The van der Waals surface area contributed by atoms with Gasteiger partial charge in [-0.3, -0.25) is 4.79 Å². The highest BCUT2D eigenvalue weighted by Gasteiger charge is 2.05. The van der Waals surface area contributed by atoms with E-state index in [2.05, 4.69) is 26.2 Å². The maximum Gasteiger partial charge on any atom is 0.221 e. The molecule has 1 heterocycles. The van der Waals surface area contributed by atoms with Crippen molar-refractivity contribution in [3.8, 4) is 0 Å². The summed E-state index contributed by atoms with van der Waals surface area (Å²) >= 11 is 4.85. The van der Waals surface area contributed by atoms with Crippen molar-refractivity contribution < 1.29 is 4.79 Å². The van der Waals surface area contributed by atoms with Crippen LogP contribution in [0.15, 0.2) is 0 Å². The van der Waals surface area contributed by atoms with Gasteiger partial charge in [-0.15, -0.1) is 11.3 Å². The molecule has 5 heteroatoms. The summed E-state index contributed by atoms with van der Waals surface area (Å²) in [5, 5.41) is 4.50. The predicted molar refractivity (Wildman–Crippen MR) is 61.8 cm³/mol. The van der Waals surface area contributed by atoms with Crippen LogP contribution < -0.4 is 5.32 Å². The number of nitrogens with one attached hydrogen (secondary N) is 1. The summed E-state index contributed by atoms with van der Waals surface area (Å²) in [6, 6.07) is 0. The Hall–Kier alpha value is -0.420. The Morgan fingerprint density at radius 2 is 2.29 bits per heavy atom. The quantitative estimate of drug-likeness (QED) is 0.857. The number of nitrogens with zero attached hydrogens (tertiary/aromatic N) is 1. The summed E-state index contributed by atoms with van der Waals surface area (Å²) in [5.74, 6) is 0.0624. The lowest BCUT2D eigenvalue weighted by atomic mass is 10.4. The van der Waals surface area contributed by atoms with E-state index in [1.165, 1.54) is 4.88 Å². The third kappa shape index (κ3) is 3.38. The first-order valence-corrected chi connectivity index (χ1v) is 6.33. The van der Waals surface area contributed by atoms with E-state index in [0.717, 1.165) is 10.7 Å². The van der Waals surface area contributed by atoms with E-state index in [4.69, 9.17) is 0 Å². The van der Waals surface area contributed by atoms with Gasteiger partial charge in [-0.1, -0.05) is 15.9 Å². The summed E-state index contributed by atoms with van der Waals surface area (Å²) in [5.41, 5.74) is 1.06. The number of aryl methyl sites for hydroxylation is 2. The number of carbonyl (C=O) groups excluding carboxylic acids is 1. The average molecular weight is 277 g/mol. The first-order valence-electron chi connectivity index (χ1n) is 4.39. The second-order valence-corrected chi connectivity index (χ2v) is 5.05. The minimum atomic E-state index is 0.0624. The van der Waals surface area contributed by atoms with Gasteiger partial charge in [0.05, 0.1) is 12.2 Å². The molecule has 0 aliphatic carbocycles. The molecule has 1 amide bonds. The summed E-state index contributed by atoms with van der Waals surface area (Å²) < 4.78 is 0. The second kappa shape index (κ2) is 5.46. The number of aromatic nitrogens is 1. The Bertz CT molecular complexity index is 305. The Morgan fingerprint density at radius 3 is 2.79 bits per heavy atom. The van der Waals surface area contributed by atoms with Crippen LogP contribution in [0.4, 0.5) is 0 Å². The number of hydrogen-bond acceptors (Lipinski definition) is 3. The molecule has 1 rings (SSSR count). The number of rotatable bonds is 4. The summed E-state index contributed by atoms with van der Waals surface area (Å²) in [6.45, 7) is 4.57. The monoisotopic (exact) mass is 276 g/mol. The molecule has 1 N–H and O–H groups in total. The minimum absolute atomic E-state index is 0.0624. The van der Waals surface area contributed by atoms with Crippen LogP contribution in [0.1, 0.15) is 22.0 Å². The van der Waals surface area contributed by atoms with Crippen LogP contribution in [-0.4, -0.2) is 16.2 Å². The fourth-order valence-electron chi connectivity index (χ4n) is 0.963. The molecule has 0 atom stereocenters. The van der Waals surface area contributed by atoms with Gasteiger partial charge in [0.2, 0.25) is 5.91 Å². The van der Waals surface area contributed by atoms with Crippen molar-refractivity contribution in [1.29, 1.82) is 0 Å². The predicted octanol–water partition coefficient (Wildman–Crippen LogP) is 2.16. The molecule has 0 bridgehead atoms. The van der Waals surface area contributed by atoms with E-state index in [1.54, 1.807) is 11.3 Å². The zero-order valence-corrected chi connectivity index (χ0v) is 10.7. The van der Waals surface area contributed by atoms with E-state index in [9.17, 15) is 4.79 Å². The normalized spacial score (nSPS) is 10.2. The molecule has 78 valence electrons. The molecule has 14 heavy (non-hydrogen) atoms. The van der Waals surface area contributed by atoms with Crippen LogP contribution in [0, 0.1) is 13.8 Å². The largest absolute Gasteiger partial charge is 0.350 e. The summed E-state index contributed by atoms with van der Waals surface area (Å²) in [6.07, 6.45) is 0.517. The van der Waals surface area contributed by atoms with Crippen molar-refractivity contribution in [2.45, 2.75) is 26.8 Å². The van der Waals surface area contributed by atoms with Crippen LogP contribution in [-0.2, 0) is 11.3 Å². The van der Waals surface area contributed by atoms with Gasteiger partial charge in [0.15, 0.2) is 0 Å². The molecule has 0 fully saturated rings. The van der Waals surface area contributed by atoms with Gasteiger partial charge in [0, 0.05) is 16.6 Å². The van der Waals surface area contributed by atoms with Crippen molar-refractivity contribution in [2.75, 3.05) is 5.33 Å². The Balaban J connectivity index is 2.42. The van der Waals surface area contributed by atoms with Gasteiger partial charge >= 0.3 is 0 Å². The smallest absolute Gasteiger partial charge is 0.221 e. The number of carbonyl (C=O) groups is 1. The van der Waals surface area contributed by atoms with Crippen LogP contribution in [0.5, 0.6) is 0 Å². The lowest BCUT2D eigenvalue weighted by molar-refractivity contribution is -0.120. The van der Waals surface area contributed by atoms with Crippen LogP contribution in [0.25, 0.3) is 0 Å². The molecule has 1 aromatic heterocycles. The van der Waals surface area contributed by atoms with Crippen molar-refractivity contribution in [3.05, 3.63) is 15.6 Å². The fourth-order valence-corrected chi connectivity index (χ4v) is 2.20. The minimum Gasteiger partial charge on any atom is -0.350 e. The number of hydrogen-bond donors (Lipinski definition) is 1. The molecule has 0 aromatic carbocycles. The molecule has 3 nitrogen and oxygen atoms in total. The Kier molecular flexibility index (Phi) is 4.54. The van der Waals surface area contributed by atoms with Crippen molar-refractivity contribution >= 4 is 33.2 Å². The lowest BCUT2D eigenvalue weighted by Crippen LogP contribution is -2.22. The lowest BCUT2D eigenvalue weighted by Gasteiger charge is -1.99. The van der Waals surface area contributed by atoms with E-state index < -0.39 is 0 Å². The Labute approximate surface area is 96.1 Å². The molecule has 0 spiro atoms. The molecule has 0 saturated heterocycles. The van der Waals surface area contributed by atoms with Gasteiger partial charge in [0.25, 0.3) is 0 Å². The van der Waals surface area contributed by atoms with E-state index in [-0.39, 0.29) is 5.91 Å². The van der Waals surface area contributed by atoms with E-state index >= 15 is 0 Å². The molecule has 0 saturated carbocycles. The van der Waals surface area contributed by atoms with Crippen molar-refractivity contribution in [3.63, 3.8) is 0 Å². The van der Waals surface area contributed by atoms with E-state index in [1.807, 2.05) is 13.8 Å². The second-order valence-electron chi connectivity index (χ2n) is 2.96. The van der Waals surface area contributed by atoms with Crippen LogP contribution in [0.2, 0.25) is 0 Å². The number of thiazole rings is 1. The molecule has 0 aliphatic heterocycles.